The minimum absolute atomic E-state index is 0.290. The van der Waals surface area contributed by atoms with E-state index in [1.807, 2.05) is 6.92 Å². The Bertz CT molecular complexity index is 356. The molecule has 1 aromatic rings. The van der Waals surface area contributed by atoms with Gasteiger partial charge in [-0.3, -0.25) is 0 Å². The van der Waals surface area contributed by atoms with Crippen molar-refractivity contribution in [1.29, 1.82) is 0 Å². The number of nitrogen functional groups attached to an aromatic ring is 1. The van der Waals surface area contributed by atoms with Crippen molar-refractivity contribution in [3.05, 3.63) is 22.2 Å². The van der Waals surface area contributed by atoms with Crippen molar-refractivity contribution in [2.75, 3.05) is 24.2 Å². The van der Waals surface area contributed by atoms with Gasteiger partial charge in [-0.2, -0.15) is 0 Å². The average molecular weight is 279 g/mol. The molecule has 0 saturated heterocycles. The first-order chi connectivity index (χ1) is 6.91. The van der Waals surface area contributed by atoms with E-state index in [0.717, 1.165) is 15.7 Å². The smallest absolute Gasteiger partial charge is 0.255 e. The molecule has 0 fully saturated rings. The number of anilines is 2. The highest BCUT2D eigenvalue weighted by atomic mass is 79.9. The lowest BCUT2D eigenvalue weighted by atomic mass is 10.1. The number of halogens is 3. The molecule has 0 spiro atoms. The summed E-state index contributed by atoms with van der Waals surface area (Å²) in [5.74, 6) is 0. The minimum Gasteiger partial charge on any atom is -0.398 e. The van der Waals surface area contributed by atoms with Gasteiger partial charge in [0.1, 0.15) is 0 Å². The second kappa shape index (κ2) is 4.79. The maximum atomic E-state index is 12.2. The maximum Gasteiger partial charge on any atom is 0.255 e. The zero-order valence-electron chi connectivity index (χ0n) is 8.60. The largest absolute Gasteiger partial charge is 0.398 e. The molecule has 0 bridgehead atoms. The van der Waals surface area contributed by atoms with Crippen LogP contribution < -0.4 is 10.6 Å². The van der Waals surface area contributed by atoms with Crippen molar-refractivity contribution in [2.45, 2.75) is 13.3 Å². The van der Waals surface area contributed by atoms with Crippen molar-refractivity contribution < 1.29 is 8.78 Å². The molecule has 0 atom stereocenters. The molecule has 15 heavy (non-hydrogen) atoms. The maximum absolute atomic E-state index is 12.2. The van der Waals surface area contributed by atoms with E-state index >= 15 is 0 Å². The molecule has 0 radical (unpaired) electrons. The molecule has 0 aromatic heterocycles. The van der Waals surface area contributed by atoms with Crippen molar-refractivity contribution in [3.8, 4) is 0 Å². The second-order valence-electron chi connectivity index (χ2n) is 3.43. The Labute approximate surface area is 96.2 Å². The van der Waals surface area contributed by atoms with E-state index in [2.05, 4.69) is 15.9 Å². The lowest BCUT2D eigenvalue weighted by molar-refractivity contribution is 0.156. The van der Waals surface area contributed by atoms with Gasteiger partial charge >= 0.3 is 0 Å². The highest BCUT2D eigenvalue weighted by Gasteiger charge is 2.12. The topological polar surface area (TPSA) is 29.3 Å². The van der Waals surface area contributed by atoms with Crippen LogP contribution in [-0.4, -0.2) is 20.0 Å². The van der Waals surface area contributed by atoms with Gasteiger partial charge in [0, 0.05) is 17.2 Å². The van der Waals surface area contributed by atoms with Crippen LogP contribution in [0, 0.1) is 6.92 Å². The summed E-state index contributed by atoms with van der Waals surface area (Å²) in [6.07, 6.45) is -2.35. The van der Waals surface area contributed by atoms with Gasteiger partial charge in [-0.1, -0.05) is 0 Å². The van der Waals surface area contributed by atoms with Gasteiger partial charge in [0.2, 0.25) is 0 Å². The molecule has 0 aliphatic rings. The molecule has 0 heterocycles. The minimum atomic E-state index is -2.35. The number of hydrogen-bond acceptors (Lipinski definition) is 2. The Balaban J connectivity index is 2.98. The molecule has 2 nitrogen and oxygen atoms in total. The van der Waals surface area contributed by atoms with Gasteiger partial charge in [0.15, 0.2) is 0 Å². The molecule has 84 valence electrons. The van der Waals surface area contributed by atoms with Gasteiger partial charge in [0.25, 0.3) is 6.43 Å². The van der Waals surface area contributed by atoms with Crippen molar-refractivity contribution in [3.63, 3.8) is 0 Å². The summed E-state index contributed by atoms with van der Waals surface area (Å²) in [6, 6.07) is 3.52. The predicted molar refractivity (Wildman–Crippen MR) is 62.6 cm³/mol. The normalized spacial score (nSPS) is 10.8. The number of aryl methyl sites for hydroxylation is 1. The summed E-state index contributed by atoms with van der Waals surface area (Å²) in [5.41, 5.74) is 7.95. The molecule has 0 aliphatic heterocycles. The molecule has 1 aromatic carbocycles. The number of hydrogen-bond donors (Lipinski definition) is 1. The zero-order chi connectivity index (χ0) is 11.6. The Morgan fingerprint density at radius 3 is 2.60 bits per heavy atom. The Morgan fingerprint density at radius 2 is 2.07 bits per heavy atom. The van der Waals surface area contributed by atoms with Crippen LogP contribution >= 0.6 is 15.9 Å². The van der Waals surface area contributed by atoms with Crippen LogP contribution in [0.3, 0.4) is 0 Å². The van der Waals surface area contributed by atoms with E-state index in [9.17, 15) is 8.78 Å². The lowest BCUT2D eigenvalue weighted by Crippen LogP contribution is -2.24. The van der Waals surface area contributed by atoms with Crippen molar-refractivity contribution >= 4 is 27.3 Å². The van der Waals surface area contributed by atoms with E-state index in [0.29, 0.717) is 5.69 Å². The predicted octanol–water partition coefficient (Wildman–Crippen LogP) is 3.04. The number of nitrogens with zero attached hydrogens (tertiary/aromatic N) is 1. The summed E-state index contributed by atoms with van der Waals surface area (Å²) in [7, 11) is 1.63. The quantitative estimate of drug-likeness (QED) is 0.862. The van der Waals surface area contributed by atoms with Crippen molar-refractivity contribution in [1.82, 2.24) is 0 Å². The molecule has 1 rings (SSSR count). The van der Waals surface area contributed by atoms with Gasteiger partial charge in [-0.25, -0.2) is 8.78 Å². The fourth-order valence-electron chi connectivity index (χ4n) is 1.28. The Morgan fingerprint density at radius 1 is 1.47 bits per heavy atom. The van der Waals surface area contributed by atoms with E-state index < -0.39 is 6.43 Å². The highest BCUT2D eigenvalue weighted by molar-refractivity contribution is 9.10. The standard InChI is InChI=1S/C10H13BrF2N2/c1-6-3-9(7(11)4-8(6)14)15(2)5-10(12)13/h3-4,10H,5,14H2,1-2H3. The van der Waals surface area contributed by atoms with Crippen molar-refractivity contribution in [2.24, 2.45) is 0 Å². The number of benzene rings is 1. The Kier molecular flexibility index (Phi) is 3.90. The lowest BCUT2D eigenvalue weighted by Gasteiger charge is -2.21. The van der Waals surface area contributed by atoms with Gasteiger partial charge < -0.3 is 10.6 Å². The third kappa shape index (κ3) is 3.06. The highest BCUT2D eigenvalue weighted by Crippen LogP contribution is 2.30. The Hall–Kier alpha value is -0.840. The summed E-state index contributed by atoms with van der Waals surface area (Å²) < 4.78 is 25.1. The molecule has 0 amide bonds. The molecule has 0 saturated carbocycles. The first kappa shape index (κ1) is 12.2. The van der Waals surface area contributed by atoms with Crippen LogP contribution in [0.2, 0.25) is 0 Å². The third-order valence-corrected chi connectivity index (χ3v) is 2.79. The van der Waals surface area contributed by atoms with Crippen LogP contribution in [-0.2, 0) is 0 Å². The fraction of sp³-hybridized carbons (Fsp3) is 0.400. The van der Waals surface area contributed by atoms with Gasteiger partial charge in [-0.05, 0) is 40.5 Å². The van der Waals surface area contributed by atoms with Gasteiger partial charge in [-0.15, -0.1) is 0 Å². The first-order valence-corrected chi connectivity index (χ1v) is 5.26. The van der Waals surface area contributed by atoms with E-state index in [1.54, 1.807) is 19.2 Å². The summed E-state index contributed by atoms with van der Waals surface area (Å²) in [4.78, 5) is 1.50. The zero-order valence-corrected chi connectivity index (χ0v) is 10.2. The molecule has 0 unspecified atom stereocenters. The fourth-order valence-corrected chi connectivity index (χ4v) is 1.94. The molecular weight excluding hydrogens is 266 g/mol. The SMILES string of the molecule is Cc1cc(N(C)CC(F)F)c(Br)cc1N. The number of nitrogens with two attached hydrogens (primary N) is 1. The van der Waals surface area contributed by atoms with Crippen LogP contribution in [0.15, 0.2) is 16.6 Å². The first-order valence-electron chi connectivity index (χ1n) is 4.46. The van der Waals surface area contributed by atoms with E-state index in [1.165, 1.54) is 4.90 Å². The summed E-state index contributed by atoms with van der Waals surface area (Å²) in [6.45, 7) is 1.56. The van der Waals surface area contributed by atoms with Crippen LogP contribution in [0.1, 0.15) is 5.56 Å². The number of rotatable bonds is 3. The average Bonchev–Trinajstić information content (AvgIpc) is 2.09. The third-order valence-electron chi connectivity index (χ3n) is 2.16. The van der Waals surface area contributed by atoms with Crippen LogP contribution in [0.5, 0.6) is 0 Å². The summed E-state index contributed by atoms with van der Waals surface area (Å²) >= 11 is 3.31. The van der Waals surface area contributed by atoms with E-state index in [4.69, 9.17) is 5.73 Å². The second-order valence-corrected chi connectivity index (χ2v) is 4.29. The molecule has 5 heteroatoms. The van der Waals surface area contributed by atoms with Crippen LogP contribution in [0.25, 0.3) is 0 Å². The van der Waals surface area contributed by atoms with Gasteiger partial charge in [0.05, 0.1) is 12.2 Å². The summed E-state index contributed by atoms with van der Waals surface area (Å²) in [5, 5.41) is 0. The van der Waals surface area contributed by atoms with Crippen LogP contribution in [0.4, 0.5) is 20.2 Å². The number of alkyl halides is 2. The monoisotopic (exact) mass is 278 g/mol. The van der Waals surface area contributed by atoms with E-state index in [-0.39, 0.29) is 6.54 Å². The molecular formula is C10H13BrF2N2. The molecule has 0 aliphatic carbocycles. The molecule has 2 N–H and O–H groups in total.